The van der Waals surface area contributed by atoms with Crippen molar-refractivity contribution in [3.05, 3.63) is 29.3 Å². The zero-order chi connectivity index (χ0) is 20.5. The van der Waals surface area contributed by atoms with E-state index >= 15 is 0 Å². The Bertz CT molecular complexity index is 911. The summed E-state index contributed by atoms with van der Waals surface area (Å²) < 4.78 is 27.9. The second-order valence-corrected chi connectivity index (χ2v) is 9.63. The van der Waals surface area contributed by atoms with E-state index < -0.39 is 40.3 Å². The van der Waals surface area contributed by atoms with E-state index in [4.69, 9.17) is 4.74 Å². The van der Waals surface area contributed by atoms with Gasteiger partial charge in [0.2, 0.25) is 5.91 Å². The van der Waals surface area contributed by atoms with Crippen LogP contribution in [0.25, 0.3) is 0 Å². The average Bonchev–Trinajstić information content (AvgIpc) is 3.17. The van der Waals surface area contributed by atoms with Gasteiger partial charge in [-0.2, -0.15) is 0 Å². The summed E-state index contributed by atoms with van der Waals surface area (Å²) in [6.07, 6.45) is 0.401. The van der Waals surface area contributed by atoms with Gasteiger partial charge in [-0.15, -0.1) is 0 Å². The van der Waals surface area contributed by atoms with Crippen LogP contribution in [0.4, 0.5) is 5.69 Å². The summed E-state index contributed by atoms with van der Waals surface area (Å²) in [6, 6.07) is 5.23. The first-order chi connectivity index (χ1) is 13.2. The number of ether oxygens (including phenoxy) is 1. The Morgan fingerprint density at radius 3 is 2.71 bits per heavy atom. The molecule has 2 amide bonds. The molecule has 0 aliphatic carbocycles. The molecule has 2 aliphatic rings. The van der Waals surface area contributed by atoms with Crippen molar-refractivity contribution in [1.29, 1.82) is 0 Å². The number of esters is 1. The first kappa shape index (κ1) is 20.3. The maximum atomic E-state index is 12.4. The lowest BCUT2D eigenvalue weighted by molar-refractivity contribution is -0.152. The number of nitrogens with zero attached hydrogens (tertiary/aromatic N) is 1. The van der Waals surface area contributed by atoms with Gasteiger partial charge in [-0.3, -0.25) is 14.4 Å². The molecule has 1 aromatic rings. The average molecular weight is 408 g/mol. The molecule has 2 atom stereocenters. The van der Waals surface area contributed by atoms with Crippen LogP contribution in [0.3, 0.4) is 0 Å². The molecule has 0 unspecified atom stereocenters. The molecule has 9 heteroatoms. The van der Waals surface area contributed by atoms with Crippen molar-refractivity contribution < 1.29 is 27.5 Å². The summed E-state index contributed by atoms with van der Waals surface area (Å²) in [7, 11) is -3.10. The van der Waals surface area contributed by atoms with Gasteiger partial charge in [-0.05, 0) is 37.5 Å². The van der Waals surface area contributed by atoms with Crippen molar-refractivity contribution in [1.82, 2.24) is 5.32 Å². The highest BCUT2D eigenvalue weighted by Crippen LogP contribution is 2.29. The number of aryl methyl sites for hydroxylation is 1. The summed E-state index contributed by atoms with van der Waals surface area (Å²) in [5.74, 6) is -1.96. The highest BCUT2D eigenvalue weighted by molar-refractivity contribution is 7.91. The van der Waals surface area contributed by atoms with Crippen LogP contribution in [0.5, 0.6) is 0 Å². The minimum atomic E-state index is -3.10. The Morgan fingerprint density at radius 2 is 2.04 bits per heavy atom. The van der Waals surface area contributed by atoms with Gasteiger partial charge in [0, 0.05) is 24.7 Å². The van der Waals surface area contributed by atoms with Crippen molar-refractivity contribution in [2.45, 2.75) is 32.7 Å². The summed E-state index contributed by atoms with van der Waals surface area (Å²) in [5, 5.41) is 2.56. The Morgan fingerprint density at radius 1 is 1.29 bits per heavy atom. The van der Waals surface area contributed by atoms with Gasteiger partial charge < -0.3 is 15.0 Å². The number of anilines is 1. The quantitative estimate of drug-likeness (QED) is 0.711. The maximum Gasteiger partial charge on any atom is 0.311 e. The molecule has 8 nitrogen and oxygen atoms in total. The molecule has 0 bridgehead atoms. The SMILES string of the molecule is Cc1cccc(N2C[C@@H](C(=O)OCC(=O)N[C@@H]3CCS(=O)(=O)C3)CC2=O)c1C. The predicted octanol–water partition coefficient (Wildman–Crippen LogP) is 0.503. The lowest BCUT2D eigenvalue weighted by Crippen LogP contribution is -2.38. The van der Waals surface area contributed by atoms with Crippen molar-refractivity contribution in [3.63, 3.8) is 0 Å². The van der Waals surface area contributed by atoms with Crippen LogP contribution >= 0.6 is 0 Å². The molecule has 2 fully saturated rings. The topological polar surface area (TPSA) is 110 Å². The smallest absolute Gasteiger partial charge is 0.311 e. The molecule has 152 valence electrons. The summed E-state index contributed by atoms with van der Waals surface area (Å²) in [4.78, 5) is 38.1. The van der Waals surface area contributed by atoms with Crippen LogP contribution in [0.15, 0.2) is 18.2 Å². The van der Waals surface area contributed by atoms with Gasteiger partial charge >= 0.3 is 5.97 Å². The lowest BCUT2D eigenvalue weighted by atomic mass is 10.1. The summed E-state index contributed by atoms with van der Waals surface area (Å²) in [6.45, 7) is 3.62. The minimum Gasteiger partial charge on any atom is -0.455 e. The first-order valence-corrected chi connectivity index (χ1v) is 11.0. The molecule has 2 aliphatic heterocycles. The Balaban J connectivity index is 1.52. The minimum absolute atomic E-state index is 0.0364. The van der Waals surface area contributed by atoms with E-state index in [1.165, 1.54) is 0 Å². The molecule has 1 aromatic carbocycles. The molecule has 0 aromatic heterocycles. The highest BCUT2D eigenvalue weighted by atomic mass is 32.2. The van der Waals surface area contributed by atoms with Gasteiger partial charge in [0.05, 0.1) is 17.4 Å². The lowest BCUT2D eigenvalue weighted by Gasteiger charge is -2.20. The normalized spacial score (nSPS) is 23.6. The highest BCUT2D eigenvalue weighted by Gasteiger charge is 2.37. The molecular weight excluding hydrogens is 384 g/mol. The van der Waals surface area contributed by atoms with E-state index in [1.54, 1.807) is 4.90 Å². The van der Waals surface area contributed by atoms with E-state index in [0.717, 1.165) is 16.8 Å². The number of benzene rings is 1. The van der Waals surface area contributed by atoms with Crippen LogP contribution in [0.2, 0.25) is 0 Å². The molecule has 0 saturated carbocycles. The molecular formula is C19H24N2O6S. The summed E-state index contributed by atoms with van der Waals surface area (Å²) in [5.41, 5.74) is 2.82. The van der Waals surface area contributed by atoms with Crippen molar-refractivity contribution >= 4 is 33.3 Å². The fourth-order valence-corrected chi connectivity index (χ4v) is 5.23. The first-order valence-electron chi connectivity index (χ1n) is 9.19. The molecule has 28 heavy (non-hydrogen) atoms. The monoisotopic (exact) mass is 408 g/mol. The number of carbonyl (C=O) groups excluding carboxylic acids is 3. The number of hydrogen-bond donors (Lipinski definition) is 1. The molecule has 3 rings (SSSR count). The van der Waals surface area contributed by atoms with Crippen molar-refractivity contribution in [3.8, 4) is 0 Å². The maximum absolute atomic E-state index is 12.4. The van der Waals surface area contributed by atoms with E-state index in [-0.39, 0.29) is 30.4 Å². The Kier molecular flexibility index (Phi) is 5.74. The van der Waals surface area contributed by atoms with Crippen LogP contribution in [0.1, 0.15) is 24.0 Å². The second kappa shape index (κ2) is 7.90. The number of carbonyl (C=O) groups is 3. The van der Waals surface area contributed by atoms with E-state index in [1.807, 2.05) is 32.0 Å². The van der Waals surface area contributed by atoms with Crippen LogP contribution in [0, 0.1) is 19.8 Å². The standard InChI is InChI=1S/C19H24N2O6S/c1-12-4-3-5-16(13(12)2)21-9-14(8-18(21)23)19(24)27-10-17(22)20-15-6-7-28(25,26)11-15/h3-5,14-15H,6-11H2,1-2H3,(H,20,22)/t14-,15+/m0/s1. The fraction of sp³-hybridized carbons (Fsp3) is 0.526. The van der Waals surface area contributed by atoms with Gasteiger partial charge in [-0.25, -0.2) is 8.42 Å². The third kappa shape index (κ3) is 4.52. The number of amides is 2. The van der Waals surface area contributed by atoms with Crippen LogP contribution in [-0.2, 0) is 29.0 Å². The summed E-state index contributed by atoms with van der Waals surface area (Å²) >= 11 is 0. The number of hydrogen-bond acceptors (Lipinski definition) is 6. The molecule has 1 N–H and O–H groups in total. The largest absolute Gasteiger partial charge is 0.455 e. The molecule has 2 heterocycles. The number of sulfone groups is 1. The van der Waals surface area contributed by atoms with Crippen molar-refractivity contribution in [2.75, 3.05) is 29.6 Å². The number of rotatable bonds is 5. The van der Waals surface area contributed by atoms with Gasteiger partial charge in [0.25, 0.3) is 5.91 Å². The Hall–Kier alpha value is -2.42. The molecule has 0 radical (unpaired) electrons. The third-order valence-corrected chi connectivity index (χ3v) is 7.04. The predicted molar refractivity (Wildman–Crippen MR) is 103 cm³/mol. The Labute approximate surface area is 164 Å². The zero-order valence-corrected chi connectivity index (χ0v) is 16.8. The van der Waals surface area contributed by atoms with Gasteiger partial charge in [0.15, 0.2) is 16.4 Å². The zero-order valence-electron chi connectivity index (χ0n) is 15.9. The van der Waals surface area contributed by atoms with Gasteiger partial charge in [0.1, 0.15) is 0 Å². The number of nitrogens with one attached hydrogen (secondary N) is 1. The van der Waals surface area contributed by atoms with E-state index in [2.05, 4.69) is 5.32 Å². The van der Waals surface area contributed by atoms with Crippen LogP contribution in [-0.4, -0.2) is 56.9 Å². The molecule has 0 spiro atoms. The van der Waals surface area contributed by atoms with E-state index in [9.17, 15) is 22.8 Å². The second-order valence-electron chi connectivity index (χ2n) is 7.40. The van der Waals surface area contributed by atoms with E-state index in [0.29, 0.717) is 6.42 Å². The van der Waals surface area contributed by atoms with Crippen molar-refractivity contribution in [2.24, 2.45) is 5.92 Å². The molecule has 2 saturated heterocycles. The fourth-order valence-electron chi connectivity index (χ4n) is 3.56. The third-order valence-electron chi connectivity index (χ3n) is 5.27. The van der Waals surface area contributed by atoms with Gasteiger partial charge in [-0.1, -0.05) is 12.1 Å². The van der Waals surface area contributed by atoms with Crippen LogP contribution < -0.4 is 10.2 Å².